The molecule has 0 saturated heterocycles. The van der Waals surface area contributed by atoms with E-state index in [1.54, 1.807) is 6.92 Å². The van der Waals surface area contributed by atoms with E-state index in [4.69, 9.17) is 9.47 Å². The molecule has 0 spiro atoms. The molecule has 30 heavy (non-hydrogen) atoms. The number of ketones is 1. The molecule has 0 aliphatic carbocycles. The van der Waals surface area contributed by atoms with Crippen molar-refractivity contribution in [2.45, 2.75) is 39.5 Å². The van der Waals surface area contributed by atoms with Gasteiger partial charge in [-0.25, -0.2) is 0 Å². The zero-order valence-corrected chi connectivity index (χ0v) is 17.2. The number of Topliss-reactive ketones (excluding diaryl/α,β-unsaturated/α-hetero) is 1. The number of aryl methyl sites for hydroxylation is 1. The largest absolute Gasteiger partial charge is 0.507 e. The minimum Gasteiger partial charge on any atom is -0.507 e. The Balaban J connectivity index is 1.38. The fourth-order valence-electron chi connectivity index (χ4n) is 2.97. The van der Waals surface area contributed by atoms with E-state index in [1.165, 1.54) is 0 Å². The summed E-state index contributed by atoms with van der Waals surface area (Å²) in [5.74, 6) is 2.31. The first-order chi connectivity index (χ1) is 14.5. The predicted octanol–water partition coefficient (Wildman–Crippen LogP) is 3.64. The van der Waals surface area contributed by atoms with Crippen molar-refractivity contribution in [1.29, 1.82) is 0 Å². The predicted molar refractivity (Wildman–Crippen MR) is 112 cm³/mol. The number of aromatic nitrogens is 4. The number of hydrogen-bond donors (Lipinski definition) is 2. The topological polar surface area (TPSA) is 110 Å². The number of aromatic amines is 1. The van der Waals surface area contributed by atoms with Gasteiger partial charge in [0.15, 0.2) is 0 Å². The van der Waals surface area contributed by atoms with Crippen LogP contribution in [0.25, 0.3) is 11.4 Å². The molecule has 3 aromatic rings. The first kappa shape index (κ1) is 21.3. The quantitative estimate of drug-likeness (QED) is 0.464. The summed E-state index contributed by atoms with van der Waals surface area (Å²) >= 11 is 0. The number of benzene rings is 2. The van der Waals surface area contributed by atoms with E-state index in [9.17, 15) is 9.90 Å². The zero-order chi connectivity index (χ0) is 21.3. The summed E-state index contributed by atoms with van der Waals surface area (Å²) in [6.45, 7) is 4.49. The van der Waals surface area contributed by atoms with Crippen LogP contribution in [0.5, 0.6) is 17.2 Å². The van der Waals surface area contributed by atoms with E-state index in [0.717, 1.165) is 29.7 Å². The molecule has 0 amide bonds. The molecule has 0 bridgehead atoms. The number of phenolic OH excluding ortho intramolecular Hbond substituents is 1. The van der Waals surface area contributed by atoms with Gasteiger partial charge < -0.3 is 19.4 Å². The molecular formula is C22H26N4O4. The maximum atomic E-state index is 11.1. The van der Waals surface area contributed by atoms with Crippen molar-refractivity contribution in [2.24, 2.45) is 0 Å². The molecule has 2 N–H and O–H groups in total. The van der Waals surface area contributed by atoms with E-state index in [-0.39, 0.29) is 11.5 Å². The number of tetrazole rings is 1. The molecule has 0 aliphatic heterocycles. The van der Waals surface area contributed by atoms with Crippen LogP contribution in [0.4, 0.5) is 0 Å². The third kappa shape index (κ3) is 5.79. The number of hydrogen-bond acceptors (Lipinski definition) is 7. The average molecular weight is 410 g/mol. The van der Waals surface area contributed by atoms with Gasteiger partial charge in [0, 0.05) is 17.5 Å². The lowest BCUT2D eigenvalue weighted by molar-refractivity contribution is -0.116. The van der Waals surface area contributed by atoms with Crippen LogP contribution in [0, 0.1) is 6.92 Å². The molecule has 0 atom stereocenters. The van der Waals surface area contributed by atoms with Crippen molar-refractivity contribution in [3.63, 3.8) is 0 Å². The molecule has 3 rings (SSSR count). The summed E-state index contributed by atoms with van der Waals surface area (Å²) in [6.07, 6.45) is 2.63. The summed E-state index contributed by atoms with van der Waals surface area (Å²) in [5, 5.41) is 24.2. The van der Waals surface area contributed by atoms with E-state index in [2.05, 4.69) is 20.6 Å². The van der Waals surface area contributed by atoms with Crippen molar-refractivity contribution in [3.8, 4) is 28.6 Å². The number of carbonyl (C=O) groups is 1. The van der Waals surface area contributed by atoms with Crippen molar-refractivity contribution in [3.05, 3.63) is 47.5 Å². The van der Waals surface area contributed by atoms with Crippen LogP contribution in [-0.4, -0.2) is 44.7 Å². The van der Waals surface area contributed by atoms with Gasteiger partial charge in [0.1, 0.15) is 23.0 Å². The Bertz CT molecular complexity index is 956. The standard InChI is InChI=1S/C22H26N4O4/c1-15(27)5-6-17-9-12-20(16(2)21(17)28)30-14-4-3-13-29-19-10-7-18(8-11-19)22-23-25-26-24-22/h7-12,28H,3-6,13-14H2,1-2H3,(H,23,24,25,26). The lowest BCUT2D eigenvalue weighted by Crippen LogP contribution is -2.04. The van der Waals surface area contributed by atoms with E-state index < -0.39 is 0 Å². The van der Waals surface area contributed by atoms with Gasteiger partial charge in [-0.1, -0.05) is 6.07 Å². The van der Waals surface area contributed by atoms with Crippen LogP contribution in [0.3, 0.4) is 0 Å². The molecule has 8 nitrogen and oxygen atoms in total. The Kier molecular flexibility index (Phi) is 7.37. The molecule has 0 fully saturated rings. The SMILES string of the molecule is CC(=O)CCc1ccc(OCCCCOc2ccc(-c3nn[nH]n3)cc2)c(C)c1O. The number of rotatable bonds is 11. The van der Waals surface area contributed by atoms with Gasteiger partial charge in [0.25, 0.3) is 0 Å². The van der Waals surface area contributed by atoms with Crippen molar-refractivity contribution in [2.75, 3.05) is 13.2 Å². The fourth-order valence-corrected chi connectivity index (χ4v) is 2.97. The summed E-state index contributed by atoms with van der Waals surface area (Å²) in [6, 6.07) is 11.2. The van der Waals surface area contributed by atoms with Gasteiger partial charge in [0.05, 0.1) is 13.2 Å². The highest BCUT2D eigenvalue weighted by atomic mass is 16.5. The molecule has 1 aromatic heterocycles. The number of unbranched alkanes of at least 4 members (excludes halogenated alkanes) is 1. The molecule has 0 aliphatic rings. The summed E-state index contributed by atoms with van der Waals surface area (Å²) in [5.41, 5.74) is 2.35. The van der Waals surface area contributed by atoms with Crippen LogP contribution >= 0.6 is 0 Å². The average Bonchev–Trinajstić information content (AvgIpc) is 3.28. The second-order valence-corrected chi connectivity index (χ2v) is 7.06. The summed E-state index contributed by atoms with van der Waals surface area (Å²) < 4.78 is 11.6. The Hall–Kier alpha value is -3.42. The second kappa shape index (κ2) is 10.4. The van der Waals surface area contributed by atoms with Crippen molar-refractivity contribution >= 4 is 5.78 Å². The molecular weight excluding hydrogens is 384 g/mol. The van der Waals surface area contributed by atoms with E-state index >= 15 is 0 Å². The highest BCUT2D eigenvalue weighted by Crippen LogP contribution is 2.31. The Labute approximate surface area is 175 Å². The number of nitrogens with one attached hydrogen (secondary N) is 1. The minimum absolute atomic E-state index is 0.109. The Morgan fingerprint density at radius 1 is 1.07 bits per heavy atom. The van der Waals surface area contributed by atoms with Crippen molar-refractivity contribution in [1.82, 2.24) is 20.6 Å². The van der Waals surface area contributed by atoms with E-state index in [1.807, 2.05) is 43.3 Å². The molecule has 0 saturated carbocycles. The van der Waals surface area contributed by atoms with Crippen LogP contribution in [-0.2, 0) is 11.2 Å². The number of ether oxygens (including phenoxy) is 2. The number of phenols is 1. The van der Waals surface area contributed by atoms with Gasteiger partial charge in [0.2, 0.25) is 5.82 Å². The Morgan fingerprint density at radius 2 is 1.80 bits per heavy atom. The third-order valence-corrected chi connectivity index (χ3v) is 4.73. The van der Waals surface area contributed by atoms with E-state index in [0.29, 0.717) is 43.2 Å². The highest BCUT2D eigenvalue weighted by molar-refractivity contribution is 5.75. The van der Waals surface area contributed by atoms with Gasteiger partial charge >= 0.3 is 0 Å². The van der Waals surface area contributed by atoms with Crippen LogP contribution in [0.1, 0.15) is 37.3 Å². The maximum Gasteiger partial charge on any atom is 0.204 e. The van der Waals surface area contributed by atoms with Gasteiger partial charge in [-0.05, 0) is 74.2 Å². The Morgan fingerprint density at radius 3 is 2.47 bits per heavy atom. The second-order valence-electron chi connectivity index (χ2n) is 7.06. The van der Waals surface area contributed by atoms with Crippen LogP contribution in [0.15, 0.2) is 36.4 Å². The number of aromatic hydroxyl groups is 1. The van der Waals surface area contributed by atoms with Crippen LogP contribution in [0.2, 0.25) is 0 Å². The van der Waals surface area contributed by atoms with Crippen molar-refractivity contribution < 1.29 is 19.4 Å². The highest BCUT2D eigenvalue weighted by Gasteiger charge is 2.10. The molecule has 2 aromatic carbocycles. The third-order valence-electron chi connectivity index (χ3n) is 4.73. The molecule has 0 unspecified atom stereocenters. The first-order valence-corrected chi connectivity index (χ1v) is 9.95. The molecule has 8 heteroatoms. The molecule has 158 valence electrons. The van der Waals surface area contributed by atoms with Crippen LogP contribution < -0.4 is 9.47 Å². The zero-order valence-electron chi connectivity index (χ0n) is 17.2. The van der Waals surface area contributed by atoms with Gasteiger partial charge in [-0.2, -0.15) is 5.21 Å². The lowest BCUT2D eigenvalue weighted by Gasteiger charge is -2.13. The molecule has 1 heterocycles. The summed E-state index contributed by atoms with van der Waals surface area (Å²) in [4.78, 5) is 11.1. The minimum atomic E-state index is 0.109. The number of H-pyrrole nitrogens is 1. The first-order valence-electron chi connectivity index (χ1n) is 9.95. The lowest BCUT2D eigenvalue weighted by atomic mass is 10.0. The normalized spacial score (nSPS) is 10.7. The fraction of sp³-hybridized carbons (Fsp3) is 0.364. The number of carbonyl (C=O) groups excluding carboxylic acids is 1. The van der Waals surface area contributed by atoms with Gasteiger partial charge in [-0.15, -0.1) is 10.2 Å². The maximum absolute atomic E-state index is 11.1. The van der Waals surface area contributed by atoms with Gasteiger partial charge in [-0.3, -0.25) is 0 Å². The smallest absolute Gasteiger partial charge is 0.204 e. The molecule has 0 radical (unpaired) electrons. The monoisotopic (exact) mass is 410 g/mol. The number of nitrogens with zero attached hydrogens (tertiary/aromatic N) is 3. The summed E-state index contributed by atoms with van der Waals surface area (Å²) in [7, 11) is 0.